The Kier molecular flexibility index (Phi) is 4.30. The van der Waals surface area contributed by atoms with Crippen LogP contribution in [0, 0.1) is 0 Å². The average molecular weight is 290 g/mol. The van der Waals surface area contributed by atoms with E-state index in [0.717, 1.165) is 5.56 Å². The zero-order chi connectivity index (χ0) is 15.7. The van der Waals surface area contributed by atoms with Gasteiger partial charge in [-0.15, -0.1) is 0 Å². The van der Waals surface area contributed by atoms with Crippen LogP contribution in [0.3, 0.4) is 0 Å². The van der Waals surface area contributed by atoms with Crippen molar-refractivity contribution in [2.45, 2.75) is 45.8 Å². The number of anilines is 1. The molecule has 0 amide bonds. The Morgan fingerprint density at radius 1 is 1.29 bits per heavy atom. The van der Waals surface area contributed by atoms with Gasteiger partial charge in [0.15, 0.2) is 0 Å². The van der Waals surface area contributed by atoms with Crippen LogP contribution in [0.5, 0.6) is 5.88 Å². The SMILES string of the molecule is CCOc1ncc(N)cc1/C=C/B1OC(C)(C)C(C)(C)O1. The highest BCUT2D eigenvalue weighted by atomic mass is 16.7. The number of rotatable bonds is 4. The lowest BCUT2D eigenvalue weighted by molar-refractivity contribution is 0.00578. The largest absolute Gasteiger partial charge is 0.487 e. The maximum Gasteiger partial charge on any atom is 0.487 e. The number of aromatic nitrogens is 1. The van der Waals surface area contributed by atoms with Crippen LogP contribution < -0.4 is 10.5 Å². The van der Waals surface area contributed by atoms with Gasteiger partial charge in [-0.2, -0.15) is 0 Å². The first-order valence-corrected chi connectivity index (χ1v) is 7.17. The van der Waals surface area contributed by atoms with E-state index in [4.69, 9.17) is 19.8 Å². The second-order valence-corrected chi connectivity index (χ2v) is 6.08. The summed E-state index contributed by atoms with van der Waals surface area (Å²) in [6.45, 7) is 10.6. The van der Waals surface area contributed by atoms with Gasteiger partial charge in [-0.25, -0.2) is 4.98 Å². The molecule has 1 aliphatic rings. The summed E-state index contributed by atoms with van der Waals surface area (Å²) in [7, 11) is -0.397. The fourth-order valence-electron chi connectivity index (χ4n) is 2.01. The molecule has 1 saturated heterocycles. The molecule has 0 radical (unpaired) electrons. The van der Waals surface area contributed by atoms with Gasteiger partial charge in [-0.1, -0.05) is 12.1 Å². The molecule has 5 nitrogen and oxygen atoms in total. The zero-order valence-electron chi connectivity index (χ0n) is 13.3. The van der Waals surface area contributed by atoms with E-state index >= 15 is 0 Å². The molecule has 1 fully saturated rings. The molecule has 0 aliphatic carbocycles. The Labute approximate surface area is 126 Å². The van der Waals surface area contributed by atoms with Crippen LogP contribution in [-0.2, 0) is 9.31 Å². The molecule has 0 saturated carbocycles. The topological polar surface area (TPSA) is 66.6 Å². The van der Waals surface area contributed by atoms with Crippen molar-refractivity contribution in [2.75, 3.05) is 12.3 Å². The number of hydrogen-bond acceptors (Lipinski definition) is 5. The van der Waals surface area contributed by atoms with E-state index in [1.807, 2.05) is 52.7 Å². The van der Waals surface area contributed by atoms with Crippen molar-refractivity contribution in [2.24, 2.45) is 0 Å². The lowest BCUT2D eigenvalue weighted by Crippen LogP contribution is -2.41. The Hall–Kier alpha value is -1.53. The third kappa shape index (κ3) is 3.39. The zero-order valence-corrected chi connectivity index (χ0v) is 13.3. The Balaban J connectivity index is 2.17. The van der Waals surface area contributed by atoms with Gasteiger partial charge < -0.3 is 19.8 Å². The van der Waals surface area contributed by atoms with E-state index in [0.29, 0.717) is 18.2 Å². The lowest BCUT2D eigenvalue weighted by atomic mass is 9.89. The normalized spacial score (nSPS) is 20.1. The molecule has 0 atom stereocenters. The quantitative estimate of drug-likeness (QED) is 0.864. The smallest absolute Gasteiger partial charge is 0.478 e. The number of nitrogens with zero attached hydrogens (tertiary/aromatic N) is 1. The summed E-state index contributed by atoms with van der Waals surface area (Å²) >= 11 is 0. The molecular weight excluding hydrogens is 267 g/mol. The van der Waals surface area contributed by atoms with Crippen LogP contribution in [-0.4, -0.2) is 29.9 Å². The van der Waals surface area contributed by atoms with E-state index < -0.39 is 7.12 Å². The Morgan fingerprint density at radius 2 is 1.90 bits per heavy atom. The molecule has 2 N–H and O–H groups in total. The molecule has 21 heavy (non-hydrogen) atoms. The maximum absolute atomic E-state index is 5.91. The standard InChI is InChI=1S/C15H23BN2O3/c1-6-19-13-11(9-12(17)10-18-13)7-8-16-20-14(2,3)15(4,5)21-16/h7-10H,6,17H2,1-5H3/b8-7+. The number of hydrogen-bond donors (Lipinski definition) is 1. The van der Waals surface area contributed by atoms with Crippen molar-refractivity contribution in [1.29, 1.82) is 0 Å². The molecule has 0 unspecified atom stereocenters. The van der Waals surface area contributed by atoms with Crippen LogP contribution in [0.1, 0.15) is 40.2 Å². The molecule has 1 aliphatic heterocycles. The molecule has 1 aromatic rings. The fourth-order valence-corrected chi connectivity index (χ4v) is 2.01. The minimum Gasteiger partial charge on any atom is -0.478 e. The molecule has 2 heterocycles. The monoisotopic (exact) mass is 290 g/mol. The summed E-state index contributed by atoms with van der Waals surface area (Å²) in [5.74, 6) is 2.41. The second kappa shape index (κ2) is 5.69. The molecule has 0 bridgehead atoms. The van der Waals surface area contributed by atoms with Crippen molar-refractivity contribution >= 4 is 18.9 Å². The molecule has 0 spiro atoms. The summed E-state index contributed by atoms with van der Waals surface area (Å²) in [4.78, 5) is 4.19. The highest BCUT2D eigenvalue weighted by Crippen LogP contribution is 2.37. The molecule has 0 aromatic carbocycles. The molecular formula is C15H23BN2O3. The van der Waals surface area contributed by atoms with Crippen molar-refractivity contribution in [1.82, 2.24) is 4.98 Å². The molecule has 6 heteroatoms. The van der Waals surface area contributed by atoms with Gasteiger partial charge in [-0.05, 0) is 40.7 Å². The first-order valence-electron chi connectivity index (χ1n) is 7.17. The molecule has 114 valence electrons. The van der Waals surface area contributed by atoms with Crippen molar-refractivity contribution in [3.8, 4) is 5.88 Å². The summed E-state index contributed by atoms with van der Waals surface area (Å²) in [6, 6.07) is 1.82. The Morgan fingerprint density at radius 3 is 2.48 bits per heavy atom. The van der Waals surface area contributed by atoms with Crippen molar-refractivity contribution in [3.05, 3.63) is 23.8 Å². The van der Waals surface area contributed by atoms with Gasteiger partial charge in [0.1, 0.15) is 0 Å². The molecule has 2 rings (SSSR count). The summed E-state index contributed by atoms with van der Waals surface area (Å²) in [6.07, 6.45) is 3.45. The first-order chi connectivity index (χ1) is 9.75. The van der Waals surface area contributed by atoms with Gasteiger partial charge in [0.05, 0.1) is 29.7 Å². The lowest BCUT2D eigenvalue weighted by Gasteiger charge is -2.32. The summed E-state index contributed by atoms with van der Waals surface area (Å²) < 4.78 is 17.3. The summed E-state index contributed by atoms with van der Waals surface area (Å²) in [5.41, 5.74) is 6.48. The predicted molar refractivity (Wildman–Crippen MR) is 84.9 cm³/mol. The van der Waals surface area contributed by atoms with Crippen LogP contribution in [0.2, 0.25) is 0 Å². The first kappa shape index (κ1) is 15.9. The van der Waals surface area contributed by atoms with E-state index in [2.05, 4.69) is 4.98 Å². The number of nitrogen functional groups attached to an aromatic ring is 1. The second-order valence-electron chi connectivity index (χ2n) is 6.08. The highest BCUT2D eigenvalue weighted by Gasteiger charge is 2.50. The third-order valence-corrected chi connectivity index (χ3v) is 3.89. The molecule has 1 aromatic heterocycles. The van der Waals surface area contributed by atoms with Crippen molar-refractivity contribution < 1.29 is 14.0 Å². The predicted octanol–water partition coefficient (Wildman–Crippen LogP) is 2.71. The summed E-state index contributed by atoms with van der Waals surface area (Å²) in [5, 5.41) is 0. The van der Waals surface area contributed by atoms with Crippen LogP contribution in [0.25, 0.3) is 6.08 Å². The van der Waals surface area contributed by atoms with Crippen LogP contribution in [0.4, 0.5) is 5.69 Å². The van der Waals surface area contributed by atoms with Gasteiger partial charge in [0, 0.05) is 5.56 Å². The van der Waals surface area contributed by atoms with Crippen LogP contribution in [0.15, 0.2) is 18.2 Å². The van der Waals surface area contributed by atoms with Gasteiger partial charge in [0.25, 0.3) is 0 Å². The van der Waals surface area contributed by atoms with Crippen molar-refractivity contribution in [3.63, 3.8) is 0 Å². The van der Waals surface area contributed by atoms with E-state index in [1.165, 1.54) is 0 Å². The Bertz CT molecular complexity index is 528. The van der Waals surface area contributed by atoms with Gasteiger partial charge in [0.2, 0.25) is 5.88 Å². The average Bonchev–Trinajstić information content (AvgIpc) is 2.58. The van der Waals surface area contributed by atoms with Gasteiger partial charge >= 0.3 is 7.12 Å². The maximum atomic E-state index is 5.91. The van der Waals surface area contributed by atoms with E-state index in [-0.39, 0.29) is 11.2 Å². The van der Waals surface area contributed by atoms with Crippen LogP contribution >= 0.6 is 0 Å². The highest BCUT2D eigenvalue weighted by molar-refractivity contribution is 6.52. The van der Waals surface area contributed by atoms with E-state index in [1.54, 1.807) is 6.20 Å². The minimum atomic E-state index is -0.397. The van der Waals surface area contributed by atoms with E-state index in [9.17, 15) is 0 Å². The third-order valence-electron chi connectivity index (χ3n) is 3.89. The number of nitrogens with two attached hydrogens (primary N) is 1. The fraction of sp³-hybridized carbons (Fsp3) is 0.533. The number of ether oxygens (including phenoxy) is 1. The minimum absolute atomic E-state index is 0.348. The number of pyridine rings is 1. The van der Waals surface area contributed by atoms with Gasteiger partial charge in [-0.3, -0.25) is 0 Å².